The van der Waals surface area contributed by atoms with Crippen molar-refractivity contribution in [1.82, 2.24) is 20.4 Å². The van der Waals surface area contributed by atoms with Crippen LogP contribution in [0.2, 0.25) is 0 Å². The minimum Gasteiger partial charge on any atom is -0.367 e. The third-order valence-electron chi connectivity index (χ3n) is 4.45. The molecule has 9 heteroatoms. The Balaban J connectivity index is 1.73. The molecule has 0 aliphatic heterocycles. The van der Waals surface area contributed by atoms with Gasteiger partial charge in [-0.15, -0.1) is 0 Å². The van der Waals surface area contributed by atoms with Crippen LogP contribution in [0, 0.1) is 19.8 Å². The van der Waals surface area contributed by atoms with Crippen molar-refractivity contribution in [2.75, 3.05) is 20.2 Å². The zero-order chi connectivity index (χ0) is 22.1. The first kappa shape index (κ1) is 23.7. The van der Waals surface area contributed by atoms with Crippen LogP contribution in [0.4, 0.5) is 13.2 Å². The molecule has 2 rings (SSSR count). The highest BCUT2D eigenvalue weighted by Gasteiger charge is 2.27. The van der Waals surface area contributed by atoms with Crippen molar-refractivity contribution in [3.63, 3.8) is 0 Å². The molecule has 6 nitrogen and oxygen atoms in total. The van der Waals surface area contributed by atoms with Crippen LogP contribution < -0.4 is 10.6 Å². The molecule has 0 aliphatic carbocycles. The molecule has 0 spiro atoms. The number of aromatic nitrogens is 2. The first-order valence-electron chi connectivity index (χ1n) is 9.84. The van der Waals surface area contributed by atoms with Gasteiger partial charge < -0.3 is 15.4 Å². The lowest BCUT2D eigenvalue weighted by Gasteiger charge is -2.17. The molecule has 0 saturated carbocycles. The van der Waals surface area contributed by atoms with Gasteiger partial charge in [0.25, 0.3) is 0 Å². The van der Waals surface area contributed by atoms with Crippen molar-refractivity contribution >= 4 is 5.96 Å². The van der Waals surface area contributed by atoms with E-state index < -0.39 is 12.8 Å². The Bertz CT molecular complexity index is 815. The summed E-state index contributed by atoms with van der Waals surface area (Å²) < 4.78 is 43.0. The van der Waals surface area contributed by atoms with Crippen LogP contribution in [-0.2, 0) is 24.4 Å². The predicted octanol–water partition coefficient (Wildman–Crippen LogP) is 3.58. The summed E-state index contributed by atoms with van der Waals surface area (Å²) in [7, 11) is 1.71. The van der Waals surface area contributed by atoms with E-state index in [2.05, 4.69) is 38.5 Å². The zero-order valence-corrected chi connectivity index (χ0v) is 17.9. The number of halogens is 3. The molecule has 30 heavy (non-hydrogen) atoms. The predicted molar refractivity (Wildman–Crippen MR) is 111 cm³/mol. The van der Waals surface area contributed by atoms with Crippen LogP contribution in [0.1, 0.15) is 29.4 Å². The lowest BCUT2D eigenvalue weighted by molar-refractivity contribution is -0.176. The number of nitrogens with zero attached hydrogens (tertiary/aromatic N) is 3. The second-order valence-electron chi connectivity index (χ2n) is 7.45. The lowest BCUT2D eigenvalue weighted by atomic mass is 10.1. The number of ether oxygens (including phenoxy) is 1. The standard InChI is InChI=1S/C21H30F3N5O/c1-15(12-29-17(3)9-16(2)28-29)10-26-20(25-4)27-11-18-5-7-19(8-6-18)13-30-14-21(22,23)24/h5-9,15H,10-14H2,1-4H3,(H2,25,26,27). The molecule has 166 valence electrons. The van der Waals surface area contributed by atoms with Crippen molar-refractivity contribution in [3.8, 4) is 0 Å². The summed E-state index contributed by atoms with van der Waals surface area (Å²) in [6.07, 6.45) is -4.31. The molecule has 1 atom stereocenters. The molecule has 0 radical (unpaired) electrons. The molecule has 0 aliphatic rings. The maximum absolute atomic E-state index is 12.1. The van der Waals surface area contributed by atoms with E-state index in [1.807, 2.05) is 30.7 Å². The van der Waals surface area contributed by atoms with Crippen LogP contribution in [0.25, 0.3) is 0 Å². The zero-order valence-electron chi connectivity index (χ0n) is 17.9. The quantitative estimate of drug-likeness (QED) is 0.476. The number of alkyl halides is 3. The monoisotopic (exact) mass is 425 g/mol. The highest BCUT2D eigenvalue weighted by Crippen LogP contribution is 2.15. The molecule has 2 N–H and O–H groups in total. The van der Waals surface area contributed by atoms with E-state index >= 15 is 0 Å². The van der Waals surface area contributed by atoms with Gasteiger partial charge in [0.2, 0.25) is 0 Å². The molecule has 1 aromatic heterocycles. The number of rotatable bonds is 9. The van der Waals surface area contributed by atoms with Gasteiger partial charge in [0.15, 0.2) is 5.96 Å². The summed E-state index contributed by atoms with van der Waals surface area (Å²) in [5.74, 6) is 1.05. The minimum atomic E-state index is -4.31. The fourth-order valence-corrected chi connectivity index (χ4v) is 2.93. The molecule has 0 saturated heterocycles. The normalized spacial score (nSPS) is 13.4. The van der Waals surface area contributed by atoms with Crippen LogP contribution in [0.15, 0.2) is 35.3 Å². The molecule has 1 aromatic carbocycles. The topological polar surface area (TPSA) is 63.5 Å². The second-order valence-corrected chi connectivity index (χ2v) is 7.45. The Morgan fingerprint density at radius 1 is 1.17 bits per heavy atom. The van der Waals surface area contributed by atoms with Gasteiger partial charge in [-0.3, -0.25) is 9.67 Å². The van der Waals surface area contributed by atoms with E-state index in [1.165, 1.54) is 0 Å². The molecule has 1 heterocycles. The second kappa shape index (κ2) is 11.0. The van der Waals surface area contributed by atoms with Gasteiger partial charge in [0.05, 0.1) is 12.3 Å². The largest absolute Gasteiger partial charge is 0.411 e. The van der Waals surface area contributed by atoms with E-state index in [0.29, 0.717) is 24.0 Å². The highest BCUT2D eigenvalue weighted by molar-refractivity contribution is 5.79. The van der Waals surface area contributed by atoms with Crippen LogP contribution >= 0.6 is 0 Å². The van der Waals surface area contributed by atoms with E-state index in [9.17, 15) is 13.2 Å². The van der Waals surface area contributed by atoms with Gasteiger partial charge in [0, 0.05) is 32.4 Å². The van der Waals surface area contributed by atoms with Crippen molar-refractivity contribution < 1.29 is 17.9 Å². The van der Waals surface area contributed by atoms with E-state index in [4.69, 9.17) is 0 Å². The number of aliphatic imine (C=N–C) groups is 1. The average Bonchev–Trinajstić information content (AvgIpc) is 2.98. The fourth-order valence-electron chi connectivity index (χ4n) is 2.93. The van der Waals surface area contributed by atoms with Gasteiger partial charge in [-0.05, 0) is 37.0 Å². The van der Waals surface area contributed by atoms with Crippen LogP contribution in [0.5, 0.6) is 0 Å². The van der Waals surface area contributed by atoms with Crippen LogP contribution in [0.3, 0.4) is 0 Å². The molecule has 0 amide bonds. The Labute approximate surface area is 175 Å². The number of hydrogen-bond acceptors (Lipinski definition) is 3. The molecular weight excluding hydrogens is 395 g/mol. The molecule has 0 fully saturated rings. The number of aryl methyl sites for hydroxylation is 2. The Kier molecular flexibility index (Phi) is 8.71. The minimum absolute atomic E-state index is 0.0659. The third-order valence-corrected chi connectivity index (χ3v) is 4.45. The molecular formula is C21H30F3N5O. The van der Waals surface area contributed by atoms with Gasteiger partial charge >= 0.3 is 6.18 Å². The third kappa shape index (κ3) is 8.44. The van der Waals surface area contributed by atoms with Gasteiger partial charge in [-0.25, -0.2) is 0 Å². The highest BCUT2D eigenvalue weighted by atomic mass is 19.4. The smallest absolute Gasteiger partial charge is 0.367 e. The van der Waals surface area contributed by atoms with Gasteiger partial charge in [-0.2, -0.15) is 18.3 Å². The van der Waals surface area contributed by atoms with E-state index in [-0.39, 0.29) is 6.61 Å². The molecule has 1 unspecified atom stereocenters. The fraction of sp³-hybridized carbons (Fsp3) is 0.524. The number of benzene rings is 1. The maximum Gasteiger partial charge on any atom is 0.411 e. The summed E-state index contributed by atoms with van der Waals surface area (Å²) in [5, 5.41) is 11.0. The molecule has 2 aromatic rings. The summed E-state index contributed by atoms with van der Waals surface area (Å²) in [6, 6.07) is 9.31. The Hall–Kier alpha value is -2.55. The molecule has 0 bridgehead atoms. The average molecular weight is 425 g/mol. The first-order valence-corrected chi connectivity index (χ1v) is 9.84. The van der Waals surface area contributed by atoms with E-state index in [1.54, 1.807) is 19.2 Å². The summed E-state index contributed by atoms with van der Waals surface area (Å²) >= 11 is 0. The van der Waals surface area contributed by atoms with Crippen molar-refractivity contribution in [1.29, 1.82) is 0 Å². The SMILES string of the molecule is CN=C(NCc1ccc(COCC(F)(F)F)cc1)NCC(C)Cn1nc(C)cc1C. The number of guanidine groups is 1. The Morgan fingerprint density at radius 2 is 1.83 bits per heavy atom. The summed E-state index contributed by atoms with van der Waals surface area (Å²) in [6.45, 7) is 7.00. The number of hydrogen-bond donors (Lipinski definition) is 2. The first-order chi connectivity index (χ1) is 14.2. The van der Waals surface area contributed by atoms with Crippen molar-refractivity contribution in [2.45, 2.75) is 46.6 Å². The van der Waals surface area contributed by atoms with E-state index in [0.717, 1.165) is 30.0 Å². The van der Waals surface area contributed by atoms with Crippen LogP contribution in [-0.4, -0.2) is 42.1 Å². The maximum atomic E-state index is 12.1. The Morgan fingerprint density at radius 3 is 2.40 bits per heavy atom. The van der Waals surface area contributed by atoms with Gasteiger partial charge in [0.1, 0.15) is 6.61 Å². The van der Waals surface area contributed by atoms with Gasteiger partial charge in [-0.1, -0.05) is 31.2 Å². The lowest BCUT2D eigenvalue weighted by Crippen LogP contribution is -2.39. The summed E-state index contributed by atoms with van der Waals surface area (Å²) in [5.41, 5.74) is 3.86. The van der Waals surface area contributed by atoms with Crippen molar-refractivity contribution in [2.24, 2.45) is 10.9 Å². The summed E-state index contributed by atoms with van der Waals surface area (Å²) in [4.78, 5) is 4.23. The number of nitrogens with one attached hydrogen (secondary N) is 2. The van der Waals surface area contributed by atoms with Crippen molar-refractivity contribution in [3.05, 3.63) is 52.8 Å².